The van der Waals surface area contributed by atoms with Crippen molar-refractivity contribution >= 4 is 29.3 Å². The van der Waals surface area contributed by atoms with Crippen molar-refractivity contribution in [3.8, 4) is 5.75 Å². The summed E-state index contributed by atoms with van der Waals surface area (Å²) in [5.41, 5.74) is 1.90. The summed E-state index contributed by atoms with van der Waals surface area (Å²) in [7, 11) is 0. The van der Waals surface area contributed by atoms with E-state index in [4.69, 9.17) is 4.74 Å². The van der Waals surface area contributed by atoms with Gasteiger partial charge in [-0.2, -0.15) is 0 Å². The molecule has 1 aliphatic rings. The molecule has 3 aromatic heterocycles. The number of nitrogens with zero attached hydrogens (tertiary/aromatic N) is 6. The maximum absolute atomic E-state index is 12.9. The molecule has 1 saturated heterocycles. The molecule has 0 radical (unpaired) electrons. The van der Waals surface area contributed by atoms with Crippen LogP contribution in [0.2, 0.25) is 0 Å². The van der Waals surface area contributed by atoms with Crippen LogP contribution in [0.25, 0.3) is 5.65 Å². The lowest BCUT2D eigenvalue weighted by molar-refractivity contribution is 0.102. The van der Waals surface area contributed by atoms with Crippen LogP contribution in [0.1, 0.15) is 29.9 Å². The molecule has 4 heterocycles. The maximum Gasteiger partial charge on any atom is 0.407 e. The first-order valence-corrected chi connectivity index (χ1v) is 10.4. The summed E-state index contributed by atoms with van der Waals surface area (Å²) in [6, 6.07) is 5.02. The lowest BCUT2D eigenvalue weighted by Crippen LogP contribution is -2.54. The molecule has 4 rings (SSSR count). The predicted octanol–water partition coefficient (Wildman–Crippen LogP) is 2.27. The monoisotopic (exact) mass is 439 g/mol. The topological polar surface area (TPSA) is 125 Å². The van der Waals surface area contributed by atoms with Gasteiger partial charge in [-0.3, -0.25) is 4.79 Å². The first-order chi connectivity index (χ1) is 15.4. The molecule has 32 heavy (non-hydrogen) atoms. The molecule has 0 saturated carbocycles. The summed E-state index contributed by atoms with van der Waals surface area (Å²) < 4.78 is 7.42. The van der Waals surface area contributed by atoms with E-state index in [2.05, 4.69) is 20.5 Å². The molecule has 168 valence electrons. The molecule has 0 spiro atoms. The van der Waals surface area contributed by atoms with E-state index in [0.717, 1.165) is 5.69 Å². The zero-order valence-electron chi connectivity index (χ0n) is 18.1. The summed E-state index contributed by atoms with van der Waals surface area (Å²) in [4.78, 5) is 32.0. The van der Waals surface area contributed by atoms with Gasteiger partial charge in [-0.1, -0.05) is 0 Å². The van der Waals surface area contributed by atoms with Gasteiger partial charge in [0.2, 0.25) is 0 Å². The van der Waals surface area contributed by atoms with E-state index in [0.29, 0.717) is 54.8 Å². The number of anilines is 2. The Labute approximate surface area is 184 Å². The second-order valence-electron chi connectivity index (χ2n) is 7.63. The number of imidazole rings is 1. The Balaban J connectivity index is 1.48. The first-order valence-electron chi connectivity index (χ1n) is 10.4. The smallest absolute Gasteiger partial charge is 0.407 e. The number of hydrogen-bond donors (Lipinski definition) is 2. The van der Waals surface area contributed by atoms with Crippen LogP contribution in [0.3, 0.4) is 0 Å². The molecule has 11 nitrogen and oxygen atoms in total. The number of aromatic nitrogens is 4. The molecular weight excluding hydrogens is 414 g/mol. The number of piperazine rings is 1. The van der Waals surface area contributed by atoms with Gasteiger partial charge < -0.3 is 29.4 Å². The van der Waals surface area contributed by atoms with E-state index in [9.17, 15) is 14.7 Å². The van der Waals surface area contributed by atoms with Crippen LogP contribution in [0.4, 0.5) is 16.4 Å². The van der Waals surface area contributed by atoms with Crippen LogP contribution >= 0.6 is 0 Å². The SMILES string of the molecule is CCOc1cc2nc(C)cn2cc1C(=O)Nc1ccc(N2CCN(C(=O)O)[C@@H](C)C2)nn1. The number of carbonyl (C=O) groups excluding carboxylic acids is 1. The number of aryl methyl sites for hydroxylation is 1. The molecule has 1 aliphatic heterocycles. The minimum Gasteiger partial charge on any atom is -0.493 e. The van der Waals surface area contributed by atoms with Gasteiger partial charge in [-0.25, -0.2) is 9.78 Å². The van der Waals surface area contributed by atoms with E-state index < -0.39 is 6.09 Å². The highest BCUT2D eigenvalue weighted by Gasteiger charge is 2.28. The molecular formula is C21H25N7O4. The number of rotatable bonds is 5. The summed E-state index contributed by atoms with van der Waals surface area (Å²) in [5.74, 6) is 1.01. The zero-order chi connectivity index (χ0) is 22.8. The van der Waals surface area contributed by atoms with Crippen molar-refractivity contribution < 1.29 is 19.4 Å². The molecule has 2 N–H and O–H groups in total. The fraction of sp³-hybridized carbons (Fsp3) is 0.381. The van der Waals surface area contributed by atoms with E-state index >= 15 is 0 Å². The number of fused-ring (bicyclic) bond motifs is 1. The average Bonchev–Trinajstić information content (AvgIpc) is 3.12. The van der Waals surface area contributed by atoms with Crippen molar-refractivity contribution in [1.82, 2.24) is 24.5 Å². The quantitative estimate of drug-likeness (QED) is 0.620. The normalized spacial score (nSPS) is 16.3. The molecule has 0 aromatic carbocycles. The van der Waals surface area contributed by atoms with Gasteiger partial charge >= 0.3 is 6.09 Å². The molecule has 0 bridgehead atoms. The van der Waals surface area contributed by atoms with Crippen molar-refractivity contribution in [2.75, 3.05) is 36.5 Å². The van der Waals surface area contributed by atoms with E-state index in [1.54, 1.807) is 28.8 Å². The molecule has 1 fully saturated rings. The van der Waals surface area contributed by atoms with Crippen molar-refractivity contribution in [2.24, 2.45) is 0 Å². The molecule has 3 aromatic rings. The van der Waals surface area contributed by atoms with Gasteiger partial charge in [0.25, 0.3) is 5.91 Å². The van der Waals surface area contributed by atoms with E-state index in [1.807, 2.05) is 31.9 Å². The molecule has 0 aliphatic carbocycles. The van der Waals surface area contributed by atoms with E-state index in [-0.39, 0.29) is 11.9 Å². The van der Waals surface area contributed by atoms with Gasteiger partial charge in [-0.15, -0.1) is 10.2 Å². The summed E-state index contributed by atoms with van der Waals surface area (Å²) in [6.45, 7) is 7.45. The van der Waals surface area contributed by atoms with Crippen molar-refractivity contribution in [2.45, 2.75) is 26.8 Å². The Kier molecular flexibility index (Phi) is 5.80. The minimum absolute atomic E-state index is 0.152. The number of nitrogens with one attached hydrogen (secondary N) is 1. The number of hydrogen-bond acceptors (Lipinski definition) is 7. The third kappa shape index (κ3) is 4.27. The average molecular weight is 439 g/mol. The number of carboxylic acid groups (broad SMARTS) is 1. The largest absolute Gasteiger partial charge is 0.493 e. The second-order valence-corrected chi connectivity index (χ2v) is 7.63. The number of ether oxygens (including phenoxy) is 1. The third-order valence-corrected chi connectivity index (χ3v) is 5.31. The number of carbonyl (C=O) groups is 2. The van der Waals surface area contributed by atoms with Crippen LogP contribution in [0.15, 0.2) is 30.6 Å². The highest BCUT2D eigenvalue weighted by molar-refractivity contribution is 6.05. The number of pyridine rings is 1. The Morgan fingerprint density at radius 1 is 1.25 bits per heavy atom. The lowest BCUT2D eigenvalue weighted by atomic mass is 10.2. The first kappa shape index (κ1) is 21.3. The van der Waals surface area contributed by atoms with Gasteiger partial charge in [0, 0.05) is 44.1 Å². The van der Waals surface area contributed by atoms with Gasteiger partial charge in [-0.05, 0) is 32.9 Å². The van der Waals surface area contributed by atoms with Gasteiger partial charge in [0.1, 0.15) is 11.4 Å². The number of amides is 2. The fourth-order valence-corrected chi connectivity index (χ4v) is 3.78. The second kappa shape index (κ2) is 8.69. The Morgan fingerprint density at radius 2 is 2.06 bits per heavy atom. The highest BCUT2D eigenvalue weighted by atomic mass is 16.5. The minimum atomic E-state index is -0.920. The molecule has 1 atom stereocenters. The van der Waals surface area contributed by atoms with Crippen LogP contribution < -0.4 is 15.0 Å². The van der Waals surface area contributed by atoms with Gasteiger partial charge in [0.15, 0.2) is 11.6 Å². The van der Waals surface area contributed by atoms with Gasteiger partial charge in [0.05, 0.1) is 17.9 Å². The Bertz CT molecular complexity index is 1150. The van der Waals surface area contributed by atoms with Crippen molar-refractivity contribution in [3.63, 3.8) is 0 Å². The summed E-state index contributed by atoms with van der Waals surface area (Å²) in [5, 5.41) is 20.3. The van der Waals surface area contributed by atoms with Crippen LogP contribution in [0, 0.1) is 6.92 Å². The molecule has 0 unspecified atom stereocenters. The predicted molar refractivity (Wildman–Crippen MR) is 117 cm³/mol. The fourth-order valence-electron chi connectivity index (χ4n) is 3.78. The summed E-state index contributed by atoms with van der Waals surface area (Å²) in [6.07, 6.45) is 2.60. The lowest BCUT2D eigenvalue weighted by Gasteiger charge is -2.38. The van der Waals surface area contributed by atoms with Crippen molar-refractivity contribution in [1.29, 1.82) is 0 Å². The molecule has 2 amide bonds. The van der Waals surface area contributed by atoms with Crippen LogP contribution in [0.5, 0.6) is 5.75 Å². The Morgan fingerprint density at radius 3 is 2.72 bits per heavy atom. The summed E-state index contributed by atoms with van der Waals surface area (Å²) >= 11 is 0. The maximum atomic E-state index is 12.9. The third-order valence-electron chi connectivity index (χ3n) is 5.31. The van der Waals surface area contributed by atoms with Crippen LogP contribution in [-0.4, -0.2) is 73.9 Å². The standard InChI is InChI=1S/C21H25N7O4/c1-4-32-16-9-19-22-13(2)10-27(19)12-15(16)20(29)23-17-5-6-18(25-24-17)26-7-8-28(21(30)31)14(3)11-26/h5-6,9-10,12,14H,4,7-8,11H2,1-3H3,(H,30,31)(H,23,24,29)/t14-/m0/s1. The highest BCUT2D eigenvalue weighted by Crippen LogP contribution is 2.23. The Hall–Kier alpha value is -3.89. The van der Waals surface area contributed by atoms with E-state index in [1.165, 1.54) is 4.90 Å². The van der Waals surface area contributed by atoms with Crippen LogP contribution in [-0.2, 0) is 0 Å². The van der Waals surface area contributed by atoms with Crippen molar-refractivity contribution in [3.05, 3.63) is 41.9 Å². The zero-order valence-corrected chi connectivity index (χ0v) is 18.1. The molecule has 11 heteroatoms.